The van der Waals surface area contributed by atoms with E-state index in [0.717, 1.165) is 20.9 Å². The van der Waals surface area contributed by atoms with Gasteiger partial charge in [-0.3, -0.25) is 0 Å². The highest BCUT2D eigenvalue weighted by Gasteiger charge is 2.24. The molecule has 0 unspecified atom stereocenters. The fraction of sp³-hybridized carbons (Fsp3) is 0.462. The van der Waals surface area contributed by atoms with Crippen molar-refractivity contribution < 1.29 is 0 Å². The molecule has 2 aromatic rings. The molecule has 0 saturated heterocycles. The second-order valence-electron chi connectivity index (χ2n) is 4.81. The lowest BCUT2D eigenvalue weighted by molar-refractivity contribution is 0.690. The normalized spacial score (nSPS) is 16.2. The summed E-state index contributed by atoms with van der Waals surface area (Å²) >= 11 is 11.3. The van der Waals surface area contributed by atoms with Crippen molar-refractivity contribution in [1.29, 1.82) is 0 Å². The van der Waals surface area contributed by atoms with Gasteiger partial charge in [0.2, 0.25) is 0 Å². The fourth-order valence-corrected chi connectivity index (χ4v) is 3.86. The minimum Gasteiger partial charge on any atom is -0.238 e. The molecule has 100 valence electrons. The number of aryl methyl sites for hydroxylation is 1. The van der Waals surface area contributed by atoms with Gasteiger partial charge in [0.05, 0.1) is 10.2 Å². The maximum atomic E-state index is 6.23. The van der Waals surface area contributed by atoms with E-state index in [0.29, 0.717) is 16.9 Å². The zero-order valence-corrected chi connectivity index (χ0v) is 13.6. The van der Waals surface area contributed by atoms with Crippen molar-refractivity contribution >= 4 is 38.9 Å². The van der Waals surface area contributed by atoms with Gasteiger partial charge in [0.15, 0.2) is 10.8 Å². The Bertz CT molecular complexity index is 608. The molecular formula is C13H13BrClN3S. The third-order valence-corrected chi connectivity index (χ3v) is 5.63. The Balaban J connectivity index is 2.06. The number of halogens is 2. The molecule has 0 radical (unpaired) electrons. The molecule has 0 aromatic carbocycles. The first-order valence-corrected chi connectivity index (χ1v) is 8.35. The van der Waals surface area contributed by atoms with Gasteiger partial charge >= 0.3 is 0 Å². The zero-order valence-electron chi connectivity index (χ0n) is 10.5. The van der Waals surface area contributed by atoms with Crippen LogP contribution in [0.15, 0.2) is 9.85 Å². The van der Waals surface area contributed by atoms with E-state index in [9.17, 15) is 0 Å². The third kappa shape index (κ3) is 2.69. The summed E-state index contributed by atoms with van der Waals surface area (Å²) in [5.74, 6) is 1.14. The second kappa shape index (κ2) is 5.46. The van der Waals surface area contributed by atoms with Crippen molar-refractivity contribution in [3.05, 3.63) is 26.4 Å². The Hall–Kier alpha value is -0.520. The average Bonchev–Trinajstić information content (AvgIpc) is 3.03. The van der Waals surface area contributed by atoms with Gasteiger partial charge in [-0.15, -0.1) is 11.3 Å². The Morgan fingerprint density at radius 1 is 1.26 bits per heavy atom. The van der Waals surface area contributed by atoms with Crippen LogP contribution in [0.5, 0.6) is 0 Å². The van der Waals surface area contributed by atoms with E-state index in [1.54, 1.807) is 11.3 Å². The first-order chi connectivity index (χ1) is 9.15. The molecule has 19 heavy (non-hydrogen) atoms. The number of rotatable bonds is 2. The summed E-state index contributed by atoms with van der Waals surface area (Å²) in [5.41, 5.74) is 2.03. The summed E-state index contributed by atoms with van der Waals surface area (Å²) in [4.78, 5) is 13.5. The van der Waals surface area contributed by atoms with Crippen LogP contribution in [-0.2, 0) is 0 Å². The Morgan fingerprint density at radius 2 is 2.00 bits per heavy atom. The minimum absolute atomic E-state index is 0.486. The van der Waals surface area contributed by atoms with Gasteiger partial charge < -0.3 is 0 Å². The molecule has 2 heterocycles. The largest absolute Gasteiger partial charge is 0.238 e. The molecule has 1 aliphatic carbocycles. The van der Waals surface area contributed by atoms with Crippen molar-refractivity contribution in [2.24, 2.45) is 0 Å². The highest BCUT2D eigenvalue weighted by atomic mass is 79.9. The lowest BCUT2D eigenvalue weighted by Gasteiger charge is -2.12. The van der Waals surface area contributed by atoms with Gasteiger partial charge in [-0.1, -0.05) is 24.4 Å². The smallest absolute Gasteiger partial charge is 0.190 e. The first-order valence-electron chi connectivity index (χ1n) is 6.30. The Labute approximate surface area is 129 Å². The Kier molecular flexibility index (Phi) is 3.87. The SMILES string of the molecule is Cc1csc(-c2nc(Cl)c(Br)c(C3CCCC3)n2)n1. The Morgan fingerprint density at radius 3 is 2.63 bits per heavy atom. The summed E-state index contributed by atoms with van der Waals surface area (Å²) in [6, 6.07) is 0. The predicted molar refractivity (Wildman–Crippen MR) is 81.8 cm³/mol. The maximum Gasteiger partial charge on any atom is 0.190 e. The summed E-state index contributed by atoms with van der Waals surface area (Å²) in [6.07, 6.45) is 4.90. The van der Waals surface area contributed by atoms with Crippen molar-refractivity contribution in [1.82, 2.24) is 15.0 Å². The van der Waals surface area contributed by atoms with Crippen LogP contribution in [-0.4, -0.2) is 15.0 Å². The van der Waals surface area contributed by atoms with Crippen molar-refractivity contribution in [2.75, 3.05) is 0 Å². The summed E-state index contributed by atoms with van der Waals surface area (Å²) in [7, 11) is 0. The molecule has 6 heteroatoms. The molecular weight excluding hydrogens is 346 g/mol. The standard InChI is InChI=1S/C13H13BrClN3S/c1-7-6-19-13(16-7)12-17-10(8-4-2-3-5-8)9(14)11(15)18-12/h6,8H,2-5H2,1H3. The van der Waals surface area contributed by atoms with Gasteiger partial charge in [0.1, 0.15) is 5.15 Å². The molecule has 2 aromatic heterocycles. The molecule has 3 rings (SSSR count). The van der Waals surface area contributed by atoms with Crippen molar-refractivity contribution in [3.63, 3.8) is 0 Å². The van der Waals surface area contributed by atoms with E-state index in [-0.39, 0.29) is 0 Å². The van der Waals surface area contributed by atoms with Crippen LogP contribution in [0.25, 0.3) is 10.8 Å². The van der Waals surface area contributed by atoms with Gasteiger partial charge in [0.25, 0.3) is 0 Å². The van der Waals surface area contributed by atoms with E-state index in [4.69, 9.17) is 16.6 Å². The highest BCUT2D eigenvalue weighted by molar-refractivity contribution is 9.10. The van der Waals surface area contributed by atoms with E-state index < -0.39 is 0 Å². The van der Waals surface area contributed by atoms with E-state index in [2.05, 4.69) is 25.9 Å². The van der Waals surface area contributed by atoms with Crippen molar-refractivity contribution in [3.8, 4) is 10.8 Å². The molecule has 1 aliphatic rings. The van der Waals surface area contributed by atoms with E-state index >= 15 is 0 Å². The predicted octanol–water partition coefficient (Wildman–Crippen LogP) is 4.98. The monoisotopic (exact) mass is 357 g/mol. The summed E-state index contributed by atoms with van der Waals surface area (Å²) in [5, 5.41) is 3.33. The topological polar surface area (TPSA) is 38.7 Å². The summed E-state index contributed by atoms with van der Waals surface area (Å²) in [6.45, 7) is 1.97. The molecule has 1 saturated carbocycles. The number of hydrogen-bond acceptors (Lipinski definition) is 4. The minimum atomic E-state index is 0.486. The van der Waals surface area contributed by atoms with Crippen LogP contribution in [0.1, 0.15) is 43.0 Å². The summed E-state index contributed by atoms with van der Waals surface area (Å²) < 4.78 is 0.845. The van der Waals surface area contributed by atoms with Crippen LogP contribution < -0.4 is 0 Å². The highest BCUT2D eigenvalue weighted by Crippen LogP contribution is 2.39. The van der Waals surface area contributed by atoms with Crippen LogP contribution in [0.4, 0.5) is 0 Å². The average molecular weight is 359 g/mol. The molecule has 0 N–H and O–H groups in total. The lowest BCUT2D eigenvalue weighted by Crippen LogP contribution is -2.02. The quantitative estimate of drug-likeness (QED) is 0.710. The van der Waals surface area contributed by atoms with E-state index in [1.165, 1.54) is 25.7 Å². The zero-order chi connectivity index (χ0) is 13.4. The number of thiazole rings is 1. The van der Waals surface area contributed by atoms with Crippen LogP contribution in [0, 0.1) is 6.92 Å². The molecule has 0 amide bonds. The van der Waals surface area contributed by atoms with Gasteiger partial charge in [-0.25, -0.2) is 15.0 Å². The van der Waals surface area contributed by atoms with Crippen molar-refractivity contribution in [2.45, 2.75) is 38.5 Å². The number of nitrogens with zero attached hydrogens (tertiary/aromatic N) is 3. The number of aromatic nitrogens is 3. The van der Waals surface area contributed by atoms with Crippen LogP contribution >= 0.6 is 38.9 Å². The van der Waals surface area contributed by atoms with Gasteiger partial charge in [-0.2, -0.15) is 0 Å². The fourth-order valence-electron chi connectivity index (χ4n) is 2.46. The van der Waals surface area contributed by atoms with Gasteiger partial charge in [-0.05, 0) is 35.7 Å². The molecule has 0 spiro atoms. The third-order valence-electron chi connectivity index (χ3n) is 3.39. The van der Waals surface area contributed by atoms with E-state index in [1.807, 2.05) is 12.3 Å². The second-order valence-corrected chi connectivity index (χ2v) is 6.82. The molecule has 3 nitrogen and oxygen atoms in total. The van der Waals surface area contributed by atoms with Crippen LogP contribution in [0.3, 0.4) is 0 Å². The lowest BCUT2D eigenvalue weighted by atomic mass is 10.0. The first kappa shape index (κ1) is 13.5. The molecule has 0 aliphatic heterocycles. The molecule has 1 fully saturated rings. The maximum absolute atomic E-state index is 6.23. The number of hydrogen-bond donors (Lipinski definition) is 0. The van der Waals surface area contributed by atoms with Gasteiger partial charge in [0, 0.05) is 17.0 Å². The van der Waals surface area contributed by atoms with Crippen LogP contribution in [0.2, 0.25) is 5.15 Å². The molecule has 0 bridgehead atoms. The molecule has 0 atom stereocenters.